The number of amides is 3. The lowest BCUT2D eigenvalue weighted by Gasteiger charge is -2.10. The van der Waals surface area contributed by atoms with Gasteiger partial charge in [0.15, 0.2) is 0 Å². The molecular formula is C21H16F2N4O5. The summed E-state index contributed by atoms with van der Waals surface area (Å²) in [5, 5.41) is 4.71. The number of halogens is 2. The van der Waals surface area contributed by atoms with Crippen LogP contribution in [-0.4, -0.2) is 22.9 Å². The molecule has 3 aromatic rings. The lowest BCUT2D eigenvalue weighted by Crippen LogP contribution is -2.21. The summed E-state index contributed by atoms with van der Waals surface area (Å²) >= 11 is 0. The number of rotatable bonds is 7. The summed E-state index contributed by atoms with van der Waals surface area (Å²) in [7, 11) is 0. The van der Waals surface area contributed by atoms with Gasteiger partial charge in [-0.05, 0) is 42.5 Å². The van der Waals surface area contributed by atoms with Crippen LogP contribution in [-0.2, 0) is 9.59 Å². The van der Waals surface area contributed by atoms with Gasteiger partial charge in [0, 0.05) is 24.0 Å². The van der Waals surface area contributed by atoms with Gasteiger partial charge >= 0.3 is 6.09 Å². The number of anilines is 2. The monoisotopic (exact) mass is 442 g/mol. The first kappa shape index (κ1) is 22.2. The Bertz CT molecular complexity index is 1160. The molecule has 1 aromatic heterocycles. The highest BCUT2D eigenvalue weighted by atomic mass is 19.1. The largest absolute Gasteiger partial charge is 0.457 e. The maximum atomic E-state index is 14.4. The zero-order chi connectivity index (χ0) is 23.1. The van der Waals surface area contributed by atoms with Crippen LogP contribution in [0.4, 0.5) is 25.0 Å². The molecule has 4 N–H and O–H groups in total. The number of nitrogens with zero attached hydrogens (tertiary/aromatic N) is 1. The van der Waals surface area contributed by atoms with Gasteiger partial charge in [-0.25, -0.2) is 18.6 Å². The van der Waals surface area contributed by atoms with E-state index >= 15 is 0 Å². The third kappa shape index (κ3) is 6.49. The Morgan fingerprint density at radius 1 is 0.906 bits per heavy atom. The molecule has 3 rings (SSSR count). The van der Waals surface area contributed by atoms with E-state index in [1.165, 1.54) is 42.6 Å². The van der Waals surface area contributed by atoms with Gasteiger partial charge in [-0.15, -0.1) is 0 Å². The Balaban J connectivity index is 1.57. The van der Waals surface area contributed by atoms with Crippen molar-refractivity contribution in [1.29, 1.82) is 0 Å². The predicted molar refractivity (Wildman–Crippen MR) is 109 cm³/mol. The smallest absolute Gasteiger partial charge is 0.411 e. The summed E-state index contributed by atoms with van der Waals surface area (Å²) in [5.41, 5.74) is 5.07. The van der Waals surface area contributed by atoms with Gasteiger partial charge in [0.05, 0.1) is 5.69 Å². The molecule has 0 fully saturated rings. The molecule has 11 heteroatoms. The van der Waals surface area contributed by atoms with Crippen LogP contribution in [0, 0.1) is 11.6 Å². The molecule has 0 radical (unpaired) electrons. The van der Waals surface area contributed by atoms with Crippen molar-refractivity contribution >= 4 is 29.3 Å². The Hall–Kier alpha value is -4.54. The van der Waals surface area contributed by atoms with Gasteiger partial charge in [-0.3, -0.25) is 9.59 Å². The van der Waals surface area contributed by atoms with E-state index in [2.05, 4.69) is 20.4 Å². The zero-order valence-corrected chi connectivity index (χ0v) is 16.3. The number of hydrogen-bond donors (Lipinski definition) is 3. The lowest BCUT2D eigenvalue weighted by molar-refractivity contribution is -0.123. The number of nitrogens with two attached hydrogens (primary N) is 1. The minimum atomic E-state index is -1.05. The SMILES string of the molecule is NC(=O)Oc1cc(Oc2ccc(NC(=O)CC(=O)Nc3ccc(F)cc3)c(F)c2)ccn1. The maximum absolute atomic E-state index is 14.4. The highest BCUT2D eigenvalue weighted by Gasteiger charge is 2.13. The van der Waals surface area contributed by atoms with E-state index in [0.717, 1.165) is 18.2 Å². The second kappa shape index (κ2) is 9.98. The van der Waals surface area contributed by atoms with Crippen LogP contribution < -0.4 is 25.8 Å². The molecule has 0 spiro atoms. The Morgan fingerprint density at radius 2 is 1.59 bits per heavy atom. The zero-order valence-electron chi connectivity index (χ0n) is 16.3. The Labute approximate surface area is 180 Å². The molecular weight excluding hydrogens is 426 g/mol. The minimum Gasteiger partial charge on any atom is -0.457 e. The number of benzene rings is 2. The van der Waals surface area contributed by atoms with Crippen LogP contribution in [0.5, 0.6) is 17.4 Å². The molecule has 164 valence electrons. The van der Waals surface area contributed by atoms with Crippen LogP contribution in [0.1, 0.15) is 6.42 Å². The van der Waals surface area contributed by atoms with Crippen molar-refractivity contribution in [3.8, 4) is 17.4 Å². The highest BCUT2D eigenvalue weighted by Crippen LogP contribution is 2.27. The van der Waals surface area contributed by atoms with E-state index in [4.69, 9.17) is 10.5 Å². The summed E-state index contributed by atoms with van der Waals surface area (Å²) in [4.78, 5) is 38.5. The summed E-state index contributed by atoms with van der Waals surface area (Å²) in [6, 6.07) is 11.4. The third-order valence-corrected chi connectivity index (χ3v) is 3.81. The summed E-state index contributed by atoms with van der Waals surface area (Å²) < 4.78 is 37.3. The molecule has 1 heterocycles. The van der Waals surface area contributed by atoms with E-state index in [0.29, 0.717) is 5.69 Å². The van der Waals surface area contributed by atoms with E-state index in [1.54, 1.807) is 0 Å². The lowest BCUT2D eigenvalue weighted by atomic mass is 10.2. The first-order chi connectivity index (χ1) is 15.3. The van der Waals surface area contributed by atoms with Crippen LogP contribution >= 0.6 is 0 Å². The van der Waals surface area contributed by atoms with Gasteiger partial charge in [-0.2, -0.15) is 0 Å². The summed E-state index contributed by atoms with van der Waals surface area (Å²) in [6.45, 7) is 0. The molecule has 0 saturated heterocycles. The molecule has 0 atom stereocenters. The predicted octanol–water partition coefficient (Wildman–Crippen LogP) is 3.58. The summed E-state index contributed by atoms with van der Waals surface area (Å²) in [6.07, 6.45) is -0.322. The van der Waals surface area contributed by atoms with Crippen LogP contribution in [0.15, 0.2) is 60.8 Å². The number of carbonyl (C=O) groups is 3. The molecule has 2 aromatic carbocycles. The fraction of sp³-hybridized carbons (Fsp3) is 0.0476. The quantitative estimate of drug-likeness (QED) is 0.479. The standard InChI is InChI=1S/C21H16F2N4O5/c22-12-1-3-13(4-2-12)26-18(28)11-19(29)27-17-6-5-14(9-16(17)23)31-15-7-8-25-20(10-15)32-21(24)30/h1-10H,11H2,(H2,24,30)(H,26,28)(H,27,29). The Morgan fingerprint density at radius 3 is 2.28 bits per heavy atom. The average molecular weight is 442 g/mol. The van der Waals surface area contributed by atoms with Gasteiger partial charge in [0.25, 0.3) is 0 Å². The van der Waals surface area contributed by atoms with E-state index in [1.807, 2.05) is 0 Å². The molecule has 0 aliphatic rings. The van der Waals surface area contributed by atoms with Gasteiger partial charge in [0.1, 0.15) is 29.6 Å². The Kier molecular flexibility index (Phi) is 6.91. The van der Waals surface area contributed by atoms with Gasteiger partial charge < -0.3 is 25.8 Å². The van der Waals surface area contributed by atoms with Gasteiger partial charge in [-0.1, -0.05) is 0 Å². The van der Waals surface area contributed by atoms with Crippen molar-refractivity contribution < 1.29 is 32.6 Å². The fourth-order valence-electron chi connectivity index (χ4n) is 2.49. The van der Waals surface area contributed by atoms with Crippen molar-refractivity contribution in [2.75, 3.05) is 10.6 Å². The number of pyridine rings is 1. The fourth-order valence-corrected chi connectivity index (χ4v) is 2.49. The van der Waals surface area contributed by atoms with Crippen LogP contribution in [0.3, 0.4) is 0 Å². The first-order valence-corrected chi connectivity index (χ1v) is 9.04. The first-order valence-electron chi connectivity index (χ1n) is 9.04. The van der Waals surface area contributed by atoms with Crippen LogP contribution in [0.2, 0.25) is 0 Å². The molecule has 0 aliphatic carbocycles. The van der Waals surface area contributed by atoms with E-state index in [-0.39, 0.29) is 23.1 Å². The molecule has 3 amide bonds. The number of ether oxygens (including phenoxy) is 2. The third-order valence-electron chi connectivity index (χ3n) is 3.81. The highest BCUT2D eigenvalue weighted by molar-refractivity contribution is 6.08. The molecule has 9 nitrogen and oxygen atoms in total. The normalized spacial score (nSPS) is 10.2. The number of nitrogens with one attached hydrogen (secondary N) is 2. The topological polar surface area (TPSA) is 133 Å². The second-order valence-corrected chi connectivity index (χ2v) is 6.27. The number of primary amides is 1. The molecule has 0 aliphatic heterocycles. The molecule has 0 unspecified atom stereocenters. The van der Waals surface area contributed by atoms with Crippen molar-refractivity contribution in [3.05, 3.63) is 72.4 Å². The molecule has 0 bridgehead atoms. The molecule has 0 saturated carbocycles. The van der Waals surface area contributed by atoms with Crippen molar-refractivity contribution in [2.45, 2.75) is 6.42 Å². The van der Waals surface area contributed by atoms with Crippen molar-refractivity contribution in [1.82, 2.24) is 4.98 Å². The van der Waals surface area contributed by atoms with Gasteiger partial charge in [0.2, 0.25) is 17.7 Å². The van der Waals surface area contributed by atoms with Crippen molar-refractivity contribution in [3.63, 3.8) is 0 Å². The van der Waals surface area contributed by atoms with Crippen LogP contribution in [0.25, 0.3) is 0 Å². The number of aromatic nitrogens is 1. The number of hydrogen-bond acceptors (Lipinski definition) is 6. The maximum Gasteiger partial charge on any atom is 0.411 e. The van der Waals surface area contributed by atoms with Crippen molar-refractivity contribution in [2.24, 2.45) is 5.73 Å². The summed E-state index contributed by atoms with van der Waals surface area (Å²) in [5.74, 6) is -2.49. The molecule has 32 heavy (non-hydrogen) atoms. The second-order valence-electron chi connectivity index (χ2n) is 6.27. The van der Waals surface area contributed by atoms with E-state index in [9.17, 15) is 23.2 Å². The minimum absolute atomic E-state index is 0.0887. The number of carbonyl (C=O) groups excluding carboxylic acids is 3. The average Bonchev–Trinajstić information content (AvgIpc) is 2.71. The van der Waals surface area contributed by atoms with E-state index < -0.39 is 36.0 Å².